The summed E-state index contributed by atoms with van der Waals surface area (Å²) in [6.07, 6.45) is 1.40. The molecular weight excluding hydrogens is 252 g/mol. The maximum absolute atomic E-state index is 12.1. The number of hydrogen-bond donors (Lipinski definition) is 0. The van der Waals surface area contributed by atoms with Crippen LogP contribution in [0, 0.1) is 17.2 Å². The predicted octanol–water partition coefficient (Wildman–Crippen LogP) is 1.37. The van der Waals surface area contributed by atoms with E-state index in [0.29, 0.717) is 32.0 Å². The molecule has 0 spiro atoms. The van der Waals surface area contributed by atoms with Crippen LogP contribution in [-0.2, 0) is 14.8 Å². The quantitative estimate of drug-likeness (QED) is 0.710. The summed E-state index contributed by atoms with van der Waals surface area (Å²) in [4.78, 5) is 0. The molecule has 0 bridgehead atoms. The fraction of sp³-hybridized carbons (Fsp3) is 0.917. The molecule has 18 heavy (non-hydrogen) atoms. The average molecular weight is 274 g/mol. The molecule has 0 radical (unpaired) electrons. The third-order valence-corrected chi connectivity index (χ3v) is 5.02. The van der Waals surface area contributed by atoms with Gasteiger partial charge in [-0.3, -0.25) is 0 Å². The van der Waals surface area contributed by atoms with Crippen LogP contribution in [0.1, 0.15) is 33.1 Å². The lowest BCUT2D eigenvalue weighted by Crippen LogP contribution is -2.39. The van der Waals surface area contributed by atoms with Gasteiger partial charge in [0.25, 0.3) is 0 Å². The Morgan fingerprint density at radius 1 is 1.50 bits per heavy atom. The Morgan fingerprint density at radius 2 is 2.22 bits per heavy atom. The van der Waals surface area contributed by atoms with E-state index in [2.05, 4.69) is 0 Å². The SMILES string of the molecule is CC(C)C1CN(S(=O)(=O)CCCC#N)CCCO1. The molecule has 0 amide bonds. The highest BCUT2D eigenvalue weighted by molar-refractivity contribution is 7.89. The molecule has 1 unspecified atom stereocenters. The predicted molar refractivity (Wildman–Crippen MR) is 69.4 cm³/mol. The second-order valence-electron chi connectivity index (χ2n) is 4.94. The largest absolute Gasteiger partial charge is 0.377 e. The van der Waals surface area contributed by atoms with Gasteiger partial charge in [0.05, 0.1) is 17.9 Å². The van der Waals surface area contributed by atoms with Gasteiger partial charge in [-0.2, -0.15) is 9.57 Å². The van der Waals surface area contributed by atoms with Gasteiger partial charge in [0.2, 0.25) is 10.0 Å². The van der Waals surface area contributed by atoms with Crippen molar-refractivity contribution in [2.45, 2.75) is 39.2 Å². The van der Waals surface area contributed by atoms with Gasteiger partial charge in [0.1, 0.15) is 0 Å². The summed E-state index contributed by atoms with van der Waals surface area (Å²) in [6.45, 7) is 5.66. The number of sulfonamides is 1. The zero-order valence-electron chi connectivity index (χ0n) is 11.1. The van der Waals surface area contributed by atoms with E-state index in [1.807, 2.05) is 19.9 Å². The molecular formula is C12H22N2O3S. The molecule has 1 aliphatic heterocycles. The van der Waals surface area contributed by atoms with Crippen molar-refractivity contribution in [1.29, 1.82) is 5.26 Å². The number of nitrogens with zero attached hydrogens (tertiary/aromatic N) is 2. The van der Waals surface area contributed by atoms with Crippen LogP contribution in [0.2, 0.25) is 0 Å². The minimum atomic E-state index is -3.24. The van der Waals surface area contributed by atoms with Gasteiger partial charge < -0.3 is 4.74 Å². The zero-order chi connectivity index (χ0) is 13.6. The minimum Gasteiger partial charge on any atom is -0.377 e. The summed E-state index contributed by atoms with van der Waals surface area (Å²) in [6, 6.07) is 1.97. The van der Waals surface area contributed by atoms with Gasteiger partial charge >= 0.3 is 0 Å². The van der Waals surface area contributed by atoms with Gasteiger partial charge in [0.15, 0.2) is 0 Å². The van der Waals surface area contributed by atoms with E-state index in [1.165, 1.54) is 4.31 Å². The van der Waals surface area contributed by atoms with Crippen molar-refractivity contribution >= 4 is 10.0 Å². The summed E-state index contributed by atoms with van der Waals surface area (Å²) in [5.41, 5.74) is 0. The molecule has 1 rings (SSSR count). The van der Waals surface area contributed by atoms with Crippen molar-refractivity contribution in [2.75, 3.05) is 25.4 Å². The molecule has 0 aromatic carbocycles. The Morgan fingerprint density at radius 3 is 2.83 bits per heavy atom. The average Bonchev–Trinajstić information content (AvgIpc) is 2.55. The maximum Gasteiger partial charge on any atom is 0.214 e. The van der Waals surface area contributed by atoms with Crippen molar-refractivity contribution in [1.82, 2.24) is 4.31 Å². The highest BCUT2D eigenvalue weighted by Gasteiger charge is 2.28. The number of ether oxygens (including phenoxy) is 1. The number of rotatable bonds is 5. The molecule has 1 aliphatic rings. The first-order valence-corrected chi connectivity index (χ1v) is 8.04. The van der Waals surface area contributed by atoms with Crippen molar-refractivity contribution in [3.05, 3.63) is 0 Å². The standard InChI is InChI=1S/C12H22N2O3S/c1-11(2)12-10-14(7-5-8-17-12)18(15,16)9-4-3-6-13/h11-12H,3-5,7-10H2,1-2H3. The lowest BCUT2D eigenvalue weighted by atomic mass is 10.1. The topological polar surface area (TPSA) is 70.4 Å². The van der Waals surface area contributed by atoms with Gasteiger partial charge in [-0.15, -0.1) is 0 Å². The van der Waals surface area contributed by atoms with Crippen LogP contribution < -0.4 is 0 Å². The van der Waals surface area contributed by atoms with Crippen LogP contribution >= 0.6 is 0 Å². The third-order valence-electron chi connectivity index (χ3n) is 3.10. The van der Waals surface area contributed by atoms with Gasteiger partial charge in [-0.05, 0) is 18.8 Å². The van der Waals surface area contributed by atoms with Crippen molar-refractivity contribution < 1.29 is 13.2 Å². The van der Waals surface area contributed by atoms with Crippen LogP contribution in [0.4, 0.5) is 0 Å². The molecule has 1 saturated heterocycles. The zero-order valence-corrected chi connectivity index (χ0v) is 11.9. The van der Waals surface area contributed by atoms with E-state index in [-0.39, 0.29) is 18.3 Å². The Bertz CT molecular complexity index is 387. The van der Waals surface area contributed by atoms with Gasteiger partial charge in [-0.1, -0.05) is 13.8 Å². The molecule has 0 aromatic heterocycles. The Hall–Kier alpha value is -0.640. The molecule has 0 saturated carbocycles. The monoisotopic (exact) mass is 274 g/mol. The maximum atomic E-state index is 12.1. The summed E-state index contributed by atoms with van der Waals surface area (Å²) < 4.78 is 31.5. The minimum absolute atomic E-state index is 0.0294. The molecule has 0 aromatic rings. The van der Waals surface area contributed by atoms with Crippen LogP contribution in [0.5, 0.6) is 0 Å². The van der Waals surface area contributed by atoms with Crippen molar-refractivity contribution in [2.24, 2.45) is 5.92 Å². The second-order valence-corrected chi connectivity index (χ2v) is 7.03. The highest BCUT2D eigenvalue weighted by atomic mass is 32.2. The molecule has 0 N–H and O–H groups in total. The van der Waals surface area contributed by atoms with E-state index in [0.717, 1.165) is 6.42 Å². The lowest BCUT2D eigenvalue weighted by molar-refractivity contribution is 0.0301. The first-order chi connectivity index (χ1) is 8.47. The van der Waals surface area contributed by atoms with Crippen LogP contribution in [0.15, 0.2) is 0 Å². The molecule has 1 fully saturated rings. The van der Waals surface area contributed by atoms with E-state index in [9.17, 15) is 8.42 Å². The summed E-state index contributed by atoms with van der Waals surface area (Å²) in [5, 5.41) is 8.45. The first kappa shape index (κ1) is 15.4. The second kappa shape index (κ2) is 7.07. The molecule has 6 heteroatoms. The fourth-order valence-electron chi connectivity index (χ4n) is 1.94. The molecule has 1 atom stereocenters. The van der Waals surface area contributed by atoms with E-state index >= 15 is 0 Å². The number of hydrogen-bond acceptors (Lipinski definition) is 4. The molecule has 1 heterocycles. The van der Waals surface area contributed by atoms with Gasteiger partial charge in [0, 0.05) is 26.1 Å². The van der Waals surface area contributed by atoms with Crippen LogP contribution in [0.25, 0.3) is 0 Å². The summed E-state index contributed by atoms with van der Waals surface area (Å²) >= 11 is 0. The van der Waals surface area contributed by atoms with E-state index in [1.54, 1.807) is 0 Å². The number of nitriles is 1. The molecule has 104 valence electrons. The Balaban J connectivity index is 2.65. The lowest BCUT2D eigenvalue weighted by Gasteiger charge is -2.25. The third kappa shape index (κ3) is 4.56. The fourth-order valence-corrected chi connectivity index (χ4v) is 3.49. The normalized spacial score (nSPS) is 22.7. The highest BCUT2D eigenvalue weighted by Crippen LogP contribution is 2.17. The molecule has 5 nitrogen and oxygen atoms in total. The Kier molecular flexibility index (Phi) is 6.06. The van der Waals surface area contributed by atoms with Gasteiger partial charge in [-0.25, -0.2) is 8.42 Å². The smallest absolute Gasteiger partial charge is 0.214 e. The van der Waals surface area contributed by atoms with Crippen LogP contribution in [0.3, 0.4) is 0 Å². The van der Waals surface area contributed by atoms with E-state index in [4.69, 9.17) is 10.00 Å². The first-order valence-electron chi connectivity index (χ1n) is 6.43. The summed E-state index contributed by atoms with van der Waals surface area (Å²) in [5.74, 6) is 0.366. The van der Waals surface area contributed by atoms with Crippen LogP contribution in [-0.4, -0.2) is 44.3 Å². The van der Waals surface area contributed by atoms with Crippen molar-refractivity contribution in [3.8, 4) is 6.07 Å². The van der Waals surface area contributed by atoms with E-state index < -0.39 is 10.0 Å². The Labute approximate surface area is 110 Å². The molecule has 0 aliphatic carbocycles. The number of unbranched alkanes of at least 4 members (excludes halogenated alkanes) is 1. The van der Waals surface area contributed by atoms with Crippen molar-refractivity contribution in [3.63, 3.8) is 0 Å². The summed E-state index contributed by atoms with van der Waals surface area (Å²) in [7, 11) is -3.24.